The monoisotopic (exact) mass is 404 g/mol. The van der Waals surface area contributed by atoms with Gasteiger partial charge in [-0.05, 0) is 55.2 Å². The van der Waals surface area contributed by atoms with Crippen LogP contribution in [0.25, 0.3) is 16.9 Å². The molecule has 5 rings (SSSR count). The number of amides is 1. The van der Waals surface area contributed by atoms with Gasteiger partial charge in [-0.25, -0.2) is 9.67 Å². The van der Waals surface area contributed by atoms with E-state index in [4.69, 9.17) is 5.73 Å². The number of aromatic nitrogens is 3. The van der Waals surface area contributed by atoms with E-state index in [2.05, 4.69) is 15.0 Å². The Morgan fingerprint density at radius 3 is 2.70 bits per heavy atom. The molecule has 8 nitrogen and oxygen atoms in total. The van der Waals surface area contributed by atoms with Crippen LogP contribution in [0.15, 0.2) is 47.5 Å². The normalized spacial score (nSPS) is 16.9. The maximum atomic E-state index is 12.9. The first-order valence-corrected chi connectivity index (χ1v) is 10.2. The second kappa shape index (κ2) is 7.14. The molecule has 1 aliphatic carbocycles. The van der Waals surface area contributed by atoms with Crippen molar-refractivity contribution < 1.29 is 4.79 Å². The summed E-state index contributed by atoms with van der Waals surface area (Å²) in [6.45, 7) is 4.29. The predicted octanol–water partition coefficient (Wildman–Crippen LogP) is 2.00. The number of hydrogen-bond donors (Lipinski definition) is 2. The smallest absolute Gasteiger partial charge is 0.280 e. The largest absolute Gasteiger partial charge is 0.399 e. The van der Waals surface area contributed by atoms with Gasteiger partial charge in [-0.2, -0.15) is 0 Å². The number of anilines is 1. The number of nitrogens with two attached hydrogens (primary N) is 1. The topological polar surface area (TPSA) is 100 Å². The molecule has 0 spiro atoms. The Kier molecular flexibility index (Phi) is 4.43. The van der Waals surface area contributed by atoms with Crippen molar-refractivity contribution in [2.75, 3.05) is 25.5 Å². The van der Waals surface area contributed by atoms with Gasteiger partial charge < -0.3 is 10.6 Å². The number of carbonyl (C=O) groups is 1. The molecule has 3 aromatic rings. The number of nitrogen functional groups attached to an aromatic ring is 1. The quantitative estimate of drug-likeness (QED) is 0.648. The molecule has 2 aromatic heterocycles. The number of aryl methyl sites for hydroxylation is 1. The van der Waals surface area contributed by atoms with E-state index in [1.807, 2.05) is 24.0 Å². The summed E-state index contributed by atoms with van der Waals surface area (Å²) in [6.07, 6.45) is 5.68. The number of pyridine rings is 1. The van der Waals surface area contributed by atoms with E-state index in [1.165, 1.54) is 17.5 Å². The molecule has 1 saturated carbocycles. The highest BCUT2D eigenvalue weighted by molar-refractivity contribution is 5.94. The van der Waals surface area contributed by atoms with Crippen LogP contribution >= 0.6 is 0 Å². The molecule has 1 aromatic carbocycles. The fourth-order valence-corrected chi connectivity index (χ4v) is 4.06. The molecule has 0 atom stereocenters. The highest BCUT2D eigenvalue weighted by Crippen LogP contribution is 2.29. The first-order chi connectivity index (χ1) is 14.5. The third-order valence-corrected chi connectivity index (χ3v) is 5.90. The van der Waals surface area contributed by atoms with Crippen LogP contribution in [0.3, 0.4) is 0 Å². The molecule has 0 bridgehead atoms. The Hall–Kier alpha value is -3.39. The Bertz CT molecular complexity index is 1160. The molecule has 30 heavy (non-hydrogen) atoms. The van der Waals surface area contributed by atoms with Gasteiger partial charge in [-0.3, -0.25) is 19.6 Å². The lowest BCUT2D eigenvalue weighted by molar-refractivity contribution is 0.0763. The lowest BCUT2D eigenvalue weighted by Crippen LogP contribution is -2.32. The van der Waals surface area contributed by atoms with Crippen molar-refractivity contribution in [1.29, 1.82) is 0 Å². The van der Waals surface area contributed by atoms with Crippen LogP contribution < -0.4 is 11.3 Å². The third-order valence-electron chi connectivity index (χ3n) is 5.90. The molecular weight excluding hydrogens is 380 g/mol. The first-order valence-electron chi connectivity index (χ1n) is 10.2. The van der Waals surface area contributed by atoms with Crippen molar-refractivity contribution in [3.63, 3.8) is 0 Å². The number of H-pyrrole nitrogens is 1. The number of nitrogens with one attached hydrogen (secondary N) is 1. The lowest BCUT2D eigenvalue weighted by Gasteiger charge is -2.17. The zero-order chi connectivity index (χ0) is 20.8. The summed E-state index contributed by atoms with van der Waals surface area (Å²) in [5, 5.41) is 2.97. The number of hydrogen-bond acceptors (Lipinski definition) is 5. The fraction of sp³-hybridized carbons (Fsp3) is 0.318. The van der Waals surface area contributed by atoms with E-state index in [0.29, 0.717) is 35.3 Å². The summed E-state index contributed by atoms with van der Waals surface area (Å²) in [6, 6.07) is 9.54. The van der Waals surface area contributed by atoms with Crippen molar-refractivity contribution >= 4 is 11.6 Å². The fourth-order valence-electron chi connectivity index (χ4n) is 4.06. The Morgan fingerprint density at radius 1 is 1.17 bits per heavy atom. The average Bonchev–Trinajstić information content (AvgIpc) is 3.35. The molecule has 0 radical (unpaired) electrons. The molecule has 1 amide bonds. The second-order valence-electron chi connectivity index (χ2n) is 8.06. The third kappa shape index (κ3) is 3.29. The molecule has 1 aliphatic heterocycles. The number of benzene rings is 1. The summed E-state index contributed by atoms with van der Waals surface area (Å²) in [7, 11) is 0. The van der Waals surface area contributed by atoms with Gasteiger partial charge in [0.05, 0.1) is 17.8 Å². The van der Waals surface area contributed by atoms with E-state index in [0.717, 1.165) is 24.2 Å². The van der Waals surface area contributed by atoms with Gasteiger partial charge in [0.2, 0.25) is 0 Å². The number of rotatable bonds is 4. The van der Waals surface area contributed by atoms with E-state index in [1.54, 1.807) is 30.6 Å². The van der Waals surface area contributed by atoms with E-state index in [9.17, 15) is 9.59 Å². The van der Waals surface area contributed by atoms with Gasteiger partial charge in [0.1, 0.15) is 0 Å². The lowest BCUT2D eigenvalue weighted by atomic mass is 10.0. The summed E-state index contributed by atoms with van der Waals surface area (Å²) in [4.78, 5) is 34.3. The molecule has 154 valence electrons. The van der Waals surface area contributed by atoms with Crippen molar-refractivity contribution in [2.24, 2.45) is 0 Å². The average molecular weight is 404 g/mol. The standard InChI is InChI=1S/C22H24N6O2/c1-14-10-16(23)3-6-18(14)19-12-25-28(22(19)30)20-7-2-15(11-24-20)21(29)27-9-8-26(13-27)17-4-5-17/h2-3,6-7,10-12,17,25H,4-5,8-9,13,23H2,1H3. The van der Waals surface area contributed by atoms with Gasteiger partial charge in [0.15, 0.2) is 5.82 Å². The first kappa shape index (κ1) is 18.6. The zero-order valence-corrected chi connectivity index (χ0v) is 16.8. The predicted molar refractivity (Wildman–Crippen MR) is 114 cm³/mol. The number of aromatic amines is 1. The molecule has 3 heterocycles. The minimum atomic E-state index is -0.200. The van der Waals surface area contributed by atoms with Crippen molar-refractivity contribution in [3.05, 3.63) is 64.2 Å². The highest BCUT2D eigenvalue weighted by Gasteiger charge is 2.35. The van der Waals surface area contributed by atoms with Crippen molar-refractivity contribution in [3.8, 4) is 16.9 Å². The van der Waals surface area contributed by atoms with Crippen LogP contribution in [-0.2, 0) is 0 Å². The van der Waals surface area contributed by atoms with Crippen molar-refractivity contribution in [1.82, 2.24) is 24.6 Å². The van der Waals surface area contributed by atoms with Crippen LogP contribution in [0.4, 0.5) is 5.69 Å². The molecule has 1 saturated heterocycles. The van der Waals surface area contributed by atoms with Gasteiger partial charge in [0.25, 0.3) is 11.5 Å². The number of nitrogens with zero attached hydrogens (tertiary/aromatic N) is 4. The zero-order valence-electron chi connectivity index (χ0n) is 16.8. The summed E-state index contributed by atoms with van der Waals surface area (Å²) < 4.78 is 1.38. The van der Waals surface area contributed by atoms with Gasteiger partial charge in [0, 0.05) is 37.2 Å². The van der Waals surface area contributed by atoms with Crippen LogP contribution in [0.1, 0.15) is 28.8 Å². The van der Waals surface area contributed by atoms with Gasteiger partial charge in [-0.15, -0.1) is 0 Å². The van der Waals surface area contributed by atoms with Crippen LogP contribution in [0, 0.1) is 6.92 Å². The van der Waals surface area contributed by atoms with Gasteiger partial charge >= 0.3 is 0 Å². The highest BCUT2D eigenvalue weighted by atomic mass is 16.2. The molecule has 2 aliphatic rings. The molecular formula is C22H24N6O2. The summed E-state index contributed by atoms with van der Waals surface area (Å²) in [5.41, 5.74) is 9.11. The maximum Gasteiger partial charge on any atom is 0.280 e. The number of carbonyl (C=O) groups excluding carboxylic acids is 1. The van der Waals surface area contributed by atoms with Crippen LogP contribution in [0.2, 0.25) is 0 Å². The Balaban J connectivity index is 1.36. The minimum absolute atomic E-state index is 0.0192. The van der Waals surface area contributed by atoms with Crippen LogP contribution in [0.5, 0.6) is 0 Å². The minimum Gasteiger partial charge on any atom is -0.399 e. The van der Waals surface area contributed by atoms with Crippen LogP contribution in [-0.4, -0.2) is 56.3 Å². The second-order valence-corrected chi connectivity index (χ2v) is 8.06. The van der Waals surface area contributed by atoms with E-state index >= 15 is 0 Å². The molecule has 2 fully saturated rings. The molecule has 3 N–H and O–H groups in total. The summed E-state index contributed by atoms with van der Waals surface area (Å²) >= 11 is 0. The van der Waals surface area contributed by atoms with E-state index < -0.39 is 0 Å². The van der Waals surface area contributed by atoms with Crippen molar-refractivity contribution in [2.45, 2.75) is 25.8 Å². The van der Waals surface area contributed by atoms with E-state index in [-0.39, 0.29) is 11.5 Å². The molecule has 0 unspecified atom stereocenters. The SMILES string of the molecule is Cc1cc(N)ccc1-c1c[nH]n(-c2ccc(C(=O)N3CCN(C4CC4)C3)cn2)c1=O. The van der Waals surface area contributed by atoms with Gasteiger partial charge in [-0.1, -0.05) is 6.07 Å². The summed E-state index contributed by atoms with van der Waals surface area (Å²) in [5.74, 6) is 0.422. The maximum absolute atomic E-state index is 12.9. The Labute approximate surface area is 173 Å². The molecule has 8 heteroatoms. The Morgan fingerprint density at radius 2 is 2.00 bits per heavy atom.